The van der Waals surface area contributed by atoms with E-state index in [2.05, 4.69) is 21.1 Å². The molecule has 0 atom stereocenters. The van der Waals surface area contributed by atoms with Gasteiger partial charge in [-0.25, -0.2) is 9.67 Å². The molecule has 1 amide bonds. The molecule has 4 N–H and O–H groups in total. The van der Waals surface area contributed by atoms with Gasteiger partial charge in [-0.15, -0.1) is 5.10 Å². The molecule has 1 fully saturated rings. The number of aliphatic imine (C=N–C) groups is 1. The number of rotatable bonds is 7. The van der Waals surface area contributed by atoms with E-state index in [9.17, 15) is 4.79 Å². The monoisotopic (exact) mass is 462 g/mol. The Morgan fingerprint density at radius 3 is 2.50 bits per heavy atom. The van der Waals surface area contributed by atoms with Crippen LogP contribution in [-0.2, 0) is 11.2 Å². The first kappa shape index (κ1) is 25.0. The first-order valence-electron chi connectivity index (χ1n) is 11.6. The third kappa shape index (κ3) is 6.69. The highest BCUT2D eigenvalue weighted by molar-refractivity contribution is 6.00. The third-order valence-corrected chi connectivity index (χ3v) is 6.11. The summed E-state index contributed by atoms with van der Waals surface area (Å²) in [4.78, 5) is 23.8. The molecule has 3 heterocycles. The van der Waals surface area contributed by atoms with Crippen LogP contribution in [0.2, 0.25) is 0 Å². The minimum Gasteiger partial charge on any atom is -0.402 e. The van der Waals surface area contributed by atoms with Gasteiger partial charge in [0.2, 0.25) is 5.91 Å². The number of piperidine rings is 1. The van der Waals surface area contributed by atoms with Crippen LogP contribution in [0, 0.1) is 16.7 Å². The van der Waals surface area contributed by atoms with Crippen LogP contribution in [0.3, 0.4) is 0 Å². The van der Waals surface area contributed by atoms with Crippen LogP contribution < -0.4 is 11.2 Å². The van der Waals surface area contributed by atoms with E-state index >= 15 is 0 Å². The fraction of sp³-hybridized carbons (Fsp3) is 0.440. The van der Waals surface area contributed by atoms with Gasteiger partial charge in [0.1, 0.15) is 11.3 Å². The number of aromatic nitrogens is 3. The normalized spacial score (nSPS) is 15.7. The number of nitrogens with zero attached hydrogens (tertiary/aromatic N) is 5. The van der Waals surface area contributed by atoms with Crippen LogP contribution in [0.25, 0.3) is 0 Å². The van der Waals surface area contributed by atoms with Crippen molar-refractivity contribution in [3.8, 4) is 0 Å². The molecule has 34 heavy (non-hydrogen) atoms. The summed E-state index contributed by atoms with van der Waals surface area (Å²) in [6.45, 7) is 6.77. The topological polar surface area (TPSA) is 137 Å². The lowest BCUT2D eigenvalue weighted by molar-refractivity contribution is -0.132. The number of pyridine rings is 1. The van der Waals surface area contributed by atoms with Crippen molar-refractivity contribution in [1.29, 1.82) is 10.8 Å². The lowest BCUT2D eigenvalue weighted by Gasteiger charge is -2.32. The number of carbonyl (C=O) groups is 1. The van der Waals surface area contributed by atoms with Crippen LogP contribution >= 0.6 is 0 Å². The maximum Gasteiger partial charge on any atom is 0.222 e. The first-order chi connectivity index (χ1) is 16.2. The van der Waals surface area contributed by atoms with Crippen molar-refractivity contribution in [3.63, 3.8) is 0 Å². The number of likely N-dealkylation sites (tertiary alicyclic amines) is 1. The number of hydrogen-bond acceptors (Lipinski definition) is 7. The summed E-state index contributed by atoms with van der Waals surface area (Å²) in [6, 6.07) is 9.20. The summed E-state index contributed by atoms with van der Waals surface area (Å²) in [7, 11) is 0. The van der Waals surface area contributed by atoms with Crippen molar-refractivity contribution >= 4 is 23.3 Å². The van der Waals surface area contributed by atoms with E-state index in [1.165, 1.54) is 4.68 Å². The standard InChI is InChI=1S/C25H34N8O/c1-17(26)22(18(2)30-24-9-8-23(28)33(31-24)19(3)27)7-10-25(34)32-14-11-20(12-15-32)16-21-6-4-5-13-29-21/h4-6,8-9,13,20,27-28H,7,10-12,14-16,26H2,1-3H3/b22-17-,27-19?,28-23?,30-18?. The Bertz CT molecular complexity index is 1140. The molecule has 0 saturated carbocycles. The molecule has 0 aromatic carbocycles. The van der Waals surface area contributed by atoms with Crippen molar-refractivity contribution in [2.75, 3.05) is 13.1 Å². The van der Waals surface area contributed by atoms with E-state index in [1.807, 2.05) is 37.1 Å². The summed E-state index contributed by atoms with van der Waals surface area (Å²) in [5.74, 6) is 1.22. The molecule has 1 aliphatic rings. The average Bonchev–Trinajstić information content (AvgIpc) is 2.81. The first-order valence-corrected chi connectivity index (χ1v) is 11.6. The number of nitrogens with one attached hydrogen (secondary N) is 2. The second-order valence-corrected chi connectivity index (χ2v) is 8.78. The molecule has 1 saturated heterocycles. The number of hydrogen-bond donors (Lipinski definition) is 3. The lowest BCUT2D eigenvalue weighted by Crippen LogP contribution is -2.39. The molecular formula is C25H34N8O. The van der Waals surface area contributed by atoms with Gasteiger partial charge in [0.25, 0.3) is 0 Å². The Morgan fingerprint density at radius 1 is 1.15 bits per heavy atom. The fourth-order valence-electron chi connectivity index (χ4n) is 4.22. The van der Waals surface area contributed by atoms with Crippen LogP contribution in [0.5, 0.6) is 0 Å². The molecule has 0 unspecified atom stereocenters. The molecule has 2 aromatic rings. The van der Waals surface area contributed by atoms with E-state index in [0.29, 0.717) is 36.0 Å². The number of amides is 1. The average molecular weight is 463 g/mol. The smallest absolute Gasteiger partial charge is 0.222 e. The van der Waals surface area contributed by atoms with Gasteiger partial charge in [-0.1, -0.05) is 6.07 Å². The molecule has 0 aliphatic carbocycles. The van der Waals surface area contributed by atoms with Gasteiger partial charge in [0.15, 0.2) is 5.82 Å². The van der Waals surface area contributed by atoms with E-state index in [4.69, 9.17) is 16.6 Å². The molecule has 0 bridgehead atoms. The number of nitrogens with two attached hydrogens (primary N) is 1. The molecular weight excluding hydrogens is 428 g/mol. The van der Waals surface area contributed by atoms with Gasteiger partial charge < -0.3 is 10.6 Å². The van der Waals surface area contributed by atoms with Gasteiger partial charge >= 0.3 is 0 Å². The van der Waals surface area contributed by atoms with Crippen LogP contribution in [-0.4, -0.2) is 50.2 Å². The Balaban J connectivity index is 1.57. The lowest BCUT2D eigenvalue weighted by atomic mass is 9.91. The second kappa shape index (κ2) is 11.5. The van der Waals surface area contributed by atoms with E-state index in [-0.39, 0.29) is 17.2 Å². The van der Waals surface area contributed by atoms with Crippen LogP contribution in [0.15, 0.2) is 52.8 Å². The molecule has 9 heteroatoms. The summed E-state index contributed by atoms with van der Waals surface area (Å²) in [5.41, 5.74) is 9.49. The highest BCUT2D eigenvalue weighted by Gasteiger charge is 2.23. The minimum atomic E-state index is 0.115. The summed E-state index contributed by atoms with van der Waals surface area (Å²) >= 11 is 0. The van der Waals surface area contributed by atoms with Gasteiger partial charge in [0, 0.05) is 42.8 Å². The van der Waals surface area contributed by atoms with Crippen molar-refractivity contribution in [1.82, 2.24) is 19.7 Å². The molecule has 9 nitrogen and oxygen atoms in total. The van der Waals surface area contributed by atoms with Crippen molar-refractivity contribution in [3.05, 3.63) is 59.0 Å². The van der Waals surface area contributed by atoms with E-state index in [1.54, 1.807) is 19.1 Å². The van der Waals surface area contributed by atoms with Crippen molar-refractivity contribution < 1.29 is 4.79 Å². The van der Waals surface area contributed by atoms with E-state index < -0.39 is 0 Å². The van der Waals surface area contributed by atoms with Gasteiger partial charge in [-0.2, -0.15) is 0 Å². The van der Waals surface area contributed by atoms with Gasteiger partial charge in [0.05, 0.1) is 0 Å². The Labute approximate surface area is 200 Å². The molecule has 0 spiro atoms. The maximum absolute atomic E-state index is 12.9. The quantitative estimate of drug-likeness (QED) is 0.430. The van der Waals surface area contributed by atoms with Crippen molar-refractivity contribution in [2.24, 2.45) is 16.6 Å². The van der Waals surface area contributed by atoms with Gasteiger partial charge in [-0.05, 0) is 82.2 Å². The van der Waals surface area contributed by atoms with Crippen molar-refractivity contribution in [2.45, 2.75) is 52.9 Å². The highest BCUT2D eigenvalue weighted by atomic mass is 16.2. The zero-order chi connectivity index (χ0) is 24.7. The third-order valence-electron chi connectivity index (χ3n) is 6.11. The van der Waals surface area contributed by atoms with E-state index in [0.717, 1.165) is 43.6 Å². The highest BCUT2D eigenvalue weighted by Crippen LogP contribution is 2.22. The van der Waals surface area contributed by atoms with Crippen LogP contribution in [0.1, 0.15) is 52.1 Å². The number of allylic oxidation sites excluding steroid dienone is 2. The summed E-state index contributed by atoms with van der Waals surface area (Å²) in [6.07, 6.45) is 5.66. The Kier molecular flexibility index (Phi) is 8.45. The fourth-order valence-corrected chi connectivity index (χ4v) is 4.22. The molecule has 1 aliphatic heterocycles. The number of carbonyl (C=O) groups excluding carboxylic acids is 1. The zero-order valence-electron chi connectivity index (χ0n) is 20.2. The minimum absolute atomic E-state index is 0.115. The zero-order valence-corrected chi connectivity index (χ0v) is 20.2. The SMILES string of the molecule is CC(=N)n1nc(N=C(C)/C(CCC(=O)N2CCC(Cc3ccccn3)CC2)=C(/C)N)ccc1=N. The largest absolute Gasteiger partial charge is 0.402 e. The summed E-state index contributed by atoms with van der Waals surface area (Å²) < 4.78 is 1.21. The Hall–Kier alpha value is -3.62. The van der Waals surface area contributed by atoms with Crippen LogP contribution in [0.4, 0.5) is 5.82 Å². The Morgan fingerprint density at radius 2 is 1.88 bits per heavy atom. The van der Waals surface area contributed by atoms with Gasteiger partial charge in [-0.3, -0.25) is 20.6 Å². The molecule has 0 radical (unpaired) electrons. The second-order valence-electron chi connectivity index (χ2n) is 8.78. The predicted molar refractivity (Wildman–Crippen MR) is 133 cm³/mol. The predicted octanol–water partition coefficient (Wildman–Crippen LogP) is 3.19. The molecule has 2 aromatic heterocycles. The summed E-state index contributed by atoms with van der Waals surface area (Å²) in [5, 5.41) is 19.8. The molecule has 180 valence electrons. The maximum atomic E-state index is 12.9. The molecule has 3 rings (SSSR count).